The maximum atomic E-state index is 2.45. The minimum atomic E-state index is -0.00880. The van der Waals surface area contributed by atoms with Crippen molar-refractivity contribution in [1.29, 1.82) is 0 Å². The predicted molar refractivity (Wildman–Crippen MR) is 171 cm³/mol. The average Bonchev–Trinajstić information content (AvgIpc) is 3.29. The van der Waals surface area contributed by atoms with E-state index in [1.54, 1.807) is 0 Å². The van der Waals surface area contributed by atoms with Crippen molar-refractivity contribution >= 4 is 0 Å². The lowest BCUT2D eigenvalue weighted by molar-refractivity contribution is 0.659. The van der Waals surface area contributed by atoms with Crippen molar-refractivity contribution in [2.24, 2.45) is 0 Å². The fraction of sp³-hybridized carbons (Fsp3) is 0.250. The monoisotopic (exact) mass is 518 g/mol. The Balaban J connectivity index is 1.45. The molecule has 0 bridgehead atoms. The lowest BCUT2D eigenvalue weighted by Gasteiger charge is -2.23. The van der Waals surface area contributed by atoms with Crippen LogP contribution in [0.15, 0.2) is 84.9 Å². The van der Waals surface area contributed by atoms with Gasteiger partial charge in [0, 0.05) is 10.8 Å². The molecule has 0 aliphatic heterocycles. The van der Waals surface area contributed by atoms with Crippen molar-refractivity contribution in [1.82, 2.24) is 0 Å². The molecule has 5 aromatic rings. The van der Waals surface area contributed by atoms with Gasteiger partial charge in [-0.15, -0.1) is 0 Å². The van der Waals surface area contributed by atoms with Crippen LogP contribution in [0.2, 0.25) is 0 Å². The highest BCUT2D eigenvalue weighted by Crippen LogP contribution is 2.55. The van der Waals surface area contributed by atoms with Crippen molar-refractivity contribution in [3.05, 3.63) is 129 Å². The molecular formula is C40H38. The predicted octanol–water partition coefficient (Wildman–Crippen LogP) is 10.9. The number of rotatable bonds is 2. The molecule has 0 nitrogen and oxygen atoms in total. The summed E-state index contributed by atoms with van der Waals surface area (Å²) < 4.78 is 0. The summed E-state index contributed by atoms with van der Waals surface area (Å²) in [4.78, 5) is 0. The Bertz CT molecular complexity index is 1880. The van der Waals surface area contributed by atoms with Crippen LogP contribution in [-0.4, -0.2) is 0 Å². The van der Waals surface area contributed by atoms with Crippen molar-refractivity contribution in [3.63, 3.8) is 0 Å². The first-order valence-electron chi connectivity index (χ1n) is 14.6. The highest BCUT2D eigenvalue weighted by molar-refractivity contribution is 5.97. The van der Waals surface area contributed by atoms with Crippen molar-refractivity contribution in [2.75, 3.05) is 0 Å². The molecule has 0 N–H and O–H groups in total. The zero-order valence-electron chi connectivity index (χ0n) is 25.1. The van der Waals surface area contributed by atoms with Crippen LogP contribution in [0.25, 0.3) is 44.5 Å². The fourth-order valence-electron chi connectivity index (χ4n) is 7.70. The Morgan fingerprint density at radius 1 is 0.375 bits per heavy atom. The first-order chi connectivity index (χ1) is 19.0. The lowest BCUT2D eigenvalue weighted by Crippen LogP contribution is -2.15. The Kier molecular flexibility index (Phi) is 5.21. The van der Waals surface area contributed by atoms with Gasteiger partial charge in [0.05, 0.1) is 0 Å². The maximum absolute atomic E-state index is 2.45. The van der Waals surface area contributed by atoms with Gasteiger partial charge in [-0.25, -0.2) is 0 Å². The first kappa shape index (κ1) is 25.1. The van der Waals surface area contributed by atoms with E-state index in [1.807, 2.05) is 0 Å². The molecule has 0 fully saturated rings. The van der Waals surface area contributed by atoms with E-state index in [1.165, 1.54) is 89.0 Å². The number of fused-ring (bicyclic) bond motifs is 6. The first-order valence-corrected chi connectivity index (χ1v) is 14.6. The molecule has 0 saturated carbocycles. The van der Waals surface area contributed by atoms with Gasteiger partial charge in [0.1, 0.15) is 0 Å². The van der Waals surface area contributed by atoms with Crippen LogP contribution >= 0.6 is 0 Å². The summed E-state index contributed by atoms with van der Waals surface area (Å²) in [5.74, 6) is 0. The van der Waals surface area contributed by atoms with Crippen LogP contribution in [0, 0.1) is 27.7 Å². The van der Waals surface area contributed by atoms with Crippen LogP contribution < -0.4 is 0 Å². The smallest absolute Gasteiger partial charge is 0.0159 e. The van der Waals surface area contributed by atoms with Crippen LogP contribution in [0.3, 0.4) is 0 Å². The van der Waals surface area contributed by atoms with E-state index in [9.17, 15) is 0 Å². The molecule has 0 spiro atoms. The number of benzene rings is 5. The minimum Gasteiger partial charge on any atom is -0.0619 e. The zero-order chi connectivity index (χ0) is 28.1. The standard InChI is InChI=1S/C40H38/c1-23-16-17-29-35(19-23)40(7,8)36-20-24(2)18-32(38(29)36)31-22-25(3)30(21-26(31)4)27-13-11-15-34-37(27)28-12-9-10-14-33(28)39(34,5)6/h9-22H,1-8H3. The third-order valence-electron chi connectivity index (χ3n) is 9.83. The van der Waals surface area contributed by atoms with E-state index in [4.69, 9.17) is 0 Å². The summed E-state index contributed by atoms with van der Waals surface area (Å²) in [5, 5.41) is 0. The quantitative estimate of drug-likeness (QED) is 0.218. The normalized spacial score (nSPS) is 15.4. The van der Waals surface area contributed by atoms with Gasteiger partial charge in [-0.2, -0.15) is 0 Å². The highest BCUT2D eigenvalue weighted by Gasteiger charge is 2.38. The summed E-state index contributed by atoms with van der Waals surface area (Å²) in [5.41, 5.74) is 22.0. The highest BCUT2D eigenvalue weighted by atomic mass is 14.4. The van der Waals surface area contributed by atoms with E-state index >= 15 is 0 Å². The average molecular weight is 519 g/mol. The third-order valence-corrected chi connectivity index (χ3v) is 9.83. The number of hydrogen-bond donors (Lipinski definition) is 0. The molecule has 0 saturated heterocycles. The summed E-state index contributed by atoms with van der Waals surface area (Å²) in [6.07, 6.45) is 0. The van der Waals surface area contributed by atoms with E-state index in [2.05, 4.69) is 140 Å². The Hall–Kier alpha value is -3.90. The minimum absolute atomic E-state index is 0.00545. The Labute approximate surface area is 239 Å². The van der Waals surface area contributed by atoms with Gasteiger partial charge < -0.3 is 0 Å². The molecule has 2 aliphatic carbocycles. The van der Waals surface area contributed by atoms with Crippen molar-refractivity contribution in [3.8, 4) is 44.5 Å². The van der Waals surface area contributed by atoms with E-state index < -0.39 is 0 Å². The molecule has 0 aromatic heterocycles. The topological polar surface area (TPSA) is 0 Å². The van der Waals surface area contributed by atoms with Crippen molar-refractivity contribution < 1.29 is 0 Å². The van der Waals surface area contributed by atoms with Gasteiger partial charge in [-0.1, -0.05) is 124 Å². The zero-order valence-corrected chi connectivity index (χ0v) is 25.1. The van der Waals surface area contributed by atoms with E-state index in [0.29, 0.717) is 0 Å². The van der Waals surface area contributed by atoms with Gasteiger partial charge in [0.25, 0.3) is 0 Å². The molecule has 7 rings (SSSR count). The van der Waals surface area contributed by atoms with Gasteiger partial charge in [-0.05, 0) is 106 Å². The van der Waals surface area contributed by atoms with Gasteiger partial charge in [0.15, 0.2) is 0 Å². The summed E-state index contributed by atoms with van der Waals surface area (Å²) in [7, 11) is 0. The molecule has 0 heterocycles. The molecular weight excluding hydrogens is 480 g/mol. The third kappa shape index (κ3) is 3.32. The van der Waals surface area contributed by atoms with Crippen LogP contribution in [0.1, 0.15) is 72.2 Å². The van der Waals surface area contributed by atoms with Crippen molar-refractivity contribution in [2.45, 2.75) is 66.2 Å². The molecule has 0 heteroatoms. The molecule has 198 valence electrons. The molecule has 40 heavy (non-hydrogen) atoms. The lowest BCUT2D eigenvalue weighted by atomic mass is 9.80. The van der Waals surface area contributed by atoms with Crippen LogP contribution in [0.5, 0.6) is 0 Å². The molecule has 0 amide bonds. The molecule has 0 unspecified atom stereocenters. The summed E-state index contributed by atoms with van der Waals surface area (Å²) in [6.45, 7) is 18.5. The Morgan fingerprint density at radius 3 is 1.68 bits per heavy atom. The van der Waals surface area contributed by atoms with Gasteiger partial charge in [0.2, 0.25) is 0 Å². The molecule has 2 aliphatic rings. The molecule has 0 atom stereocenters. The van der Waals surface area contributed by atoms with Gasteiger partial charge >= 0.3 is 0 Å². The molecule has 0 radical (unpaired) electrons. The van der Waals surface area contributed by atoms with Gasteiger partial charge in [-0.3, -0.25) is 0 Å². The second-order valence-electron chi connectivity index (χ2n) is 13.3. The van der Waals surface area contributed by atoms with Crippen LogP contribution in [0.4, 0.5) is 0 Å². The summed E-state index contributed by atoms with van der Waals surface area (Å²) >= 11 is 0. The van der Waals surface area contributed by atoms with E-state index in [-0.39, 0.29) is 10.8 Å². The summed E-state index contributed by atoms with van der Waals surface area (Å²) in [6, 6.07) is 32.6. The molecule has 5 aromatic carbocycles. The van der Waals surface area contributed by atoms with Crippen LogP contribution in [-0.2, 0) is 10.8 Å². The Morgan fingerprint density at radius 2 is 0.925 bits per heavy atom. The van der Waals surface area contributed by atoms with E-state index in [0.717, 1.165) is 0 Å². The largest absolute Gasteiger partial charge is 0.0619 e. The SMILES string of the molecule is Cc1ccc2c(c1)C(C)(C)c1cc(C)cc(-c3cc(C)c(-c4cccc5c4-c4ccccc4C5(C)C)cc3C)c1-2. The second-order valence-corrected chi connectivity index (χ2v) is 13.3. The second kappa shape index (κ2) is 8.31. The number of aryl methyl sites for hydroxylation is 4. The number of hydrogen-bond acceptors (Lipinski definition) is 0. The maximum Gasteiger partial charge on any atom is 0.0159 e. The fourth-order valence-corrected chi connectivity index (χ4v) is 7.70.